The van der Waals surface area contributed by atoms with Crippen molar-refractivity contribution in [3.8, 4) is 0 Å². The largest absolute Gasteiger partial charge is 0.347 e. The van der Waals surface area contributed by atoms with Gasteiger partial charge < -0.3 is 9.88 Å². The van der Waals surface area contributed by atoms with E-state index in [1.807, 2.05) is 47.2 Å². The highest BCUT2D eigenvalue weighted by Crippen LogP contribution is 2.34. The number of nitrogens with zero attached hydrogens (tertiary/aromatic N) is 1. The molecule has 0 fully saturated rings. The maximum Gasteiger partial charge on any atom is 0.268 e. The summed E-state index contributed by atoms with van der Waals surface area (Å²) < 4.78 is 17.5. The lowest BCUT2D eigenvalue weighted by Crippen LogP contribution is -2.25. The number of thiophene rings is 1. The number of aryl methyl sites for hydroxylation is 1. The summed E-state index contributed by atoms with van der Waals surface area (Å²) in [6, 6.07) is 16.4. The summed E-state index contributed by atoms with van der Waals surface area (Å²) in [6.07, 6.45) is 0. The van der Waals surface area contributed by atoms with Gasteiger partial charge in [-0.25, -0.2) is 4.39 Å². The fraction of sp³-hybridized carbons (Fsp3) is 0.136. The lowest BCUT2D eigenvalue weighted by atomic mass is 10.1. The number of hydrogen-bond acceptors (Lipinski definition) is 2. The molecule has 0 saturated carbocycles. The van der Waals surface area contributed by atoms with Crippen molar-refractivity contribution < 1.29 is 9.18 Å². The van der Waals surface area contributed by atoms with Crippen LogP contribution in [0, 0.1) is 12.7 Å². The molecule has 4 aromatic rings. The van der Waals surface area contributed by atoms with Crippen molar-refractivity contribution in [2.45, 2.75) is 20.0 Å². The predicted molar refractivity (Wildman–Crippen MR) is 115 cm³/mol. The van der Waals surface area contributed by atoms with Gasteiger partial charge in [0.15, 0.2) is 0 Å². The summed E-state index contributed by atoms with van der Waals surface area (Å²) in [5.74, 6) is -0.427. The number of hydrogen-bond donors (Lipinski definition) is 1. The first-order valence-corrected chi connectivity index (χ1v) is 10.5. The van der Waals surface area contributed by atoms with Crippen molar-refractivity contribution in [1.82, 2.24) is 9.88 Å². The summed E-state index contributed by atoms with van der Waals surface area (Å²) in [6.45, 7) is 2.91. The fourth-order valence-electron chi connectivity index (χ4n) is 3.30. The quantitative estimate of drug-likeness (QED) is 0.398. The lowest BCUT2D eigenvalue weighted by molar-refractivity contribution is 0.0942. The van der Waals surface area contributed by atoms with Crippen LogP contribution in [0.25, 0.3) is 10.2 Å². The van der Waals surface area contributed by atoms with E-state index in [1.165, 1.54) is 12.1 Å². The number of rotatable bonds is 5. The molecule has 0 unspecified atom stereocenters. The molecule has 4 rings (SSSR count). The number of nitrogens with one attached hydrogen (secondary N) is 1. The first-order chi connectivity index (χ1) is 13.5. The molecule has 2 heterocycles. The predicted octanol–water partition coefficient (Wildman–Crippen LogP) is 5.89. The van der Waals surface area contributed by atoms with Crippen molar-refractivity contribution >= 4 is 43.4 Å². The number of carbonyl (C=O) groups excluding carboxylic acids is 1. The monoisotopic (exact) mass is 456 g/mol. The normalized spacial score (nSPS) is 11.1. The van der Waals surface area contributed by atoms with Gasteiger partial charge in [-0.3, -0.25) is 4.79 Å². The van der Waals surface area contributed by atoms with E-state index in [0.29, 0.717) is 18.8 Å². The maximum absolute atomic E-state index is 13.6. The molecule has 0 saturated heterocycles. The van der Waals surface area contributed by atoms with Crippen molar-refractivity contribution in [2.75, 3.05) is 0 Å². The van der Waals surface area contributed by atoms with Crippen LogP contribution in [0.2, 0.25) is 0 Å². The van der Waals surface area contributed by atoms with Crippen molar-refractivity contribution in [3.63, 3.8) is 0 Å². The topological polar surface area (TPSA) is 34.0 Å². The molecule has 0 aliphatic rings. The molecule has 0 bridgehead atoms. The molecule has 1 amide bonds. The number of benzene rings is 2. The molecule has 2 aromatic heterocycles. The van der Waals surface area contributed by atoms with E-state index in [1.54, 1.807) is 17.4 Å². The minimum Gasteiger partial charge on any atom is -0.347 e. The Morgan fingerprint density at radius 3 is 2.71 bits per heavy atom. The van der Waals surface area contributed by atoms with Gasteiger partial charge in [0.1, 0.15) is 11.5 Å². The Kier molecular flexibility index (Phi) is 5.33. The maximum atomic E-state index is 13.6. The molecule has 142 valence electrons. The van der Waals surface area contributed by atoms with Gasteiger partial charge in [-0.2, -0.15) is 0 Å². The Balaban J connectivity index is 1.65. The van der Waals surface area contributed by atoms with E-state index < -0.39 is 0 Å². The molecule has 6 heteroatoms. The summed E-state index contributed by atoms with van der Waals surface area (Å²) in [5, 5.41) is 5.01. The second-order valence-corrected chi connectivity index (χ2v) is 8.48. The third-order valence-electron chi connectivity index (χ3n) is 4.58. The van der Waals surface area contributed by atoms with Gasteiger partial charge in [0, 0.05) is 18.5 Å². The fourth-order valence-corrected chi connectivity index (χ4v) is 4.99. The standard InChI is InChI=1S/C22H18BrFN2OS/c1-14-4-2-5-15(8-14)11-25-22(27)19-10-20-21(18(23)13-28-20)26(19)12-16-6-3-7-17(24)9-16/h2-10,13H,11-12H2,1H3,(H,25,27). The van der Waals surface area contributed by atoms with Crippen molar-refractivity contribution in [2.24, 2.45) is 0 Å². The van der Waals surface area contributed by atoms with Crippen LogP contribution < -0.4 is 5.32 Å². The van der Waals surface area contributed by atoms with Crippen LogP contribution in [-0.4, -0.2) is 10.5 Å². The Hall–Kier alpha value is -2.44. The highest BCUT2D eigenvalue weighted by atomic mass is 79.9. The highest BCUT2D eigenvalue weighted by molar-refractivity contribution is 9.10. The van der Waals surface area contributed by atoms with Gasteiger partial charge in [0.2, 0.25) is 0 Å². The van der Waals surface area contributed by atoms with E-state index in [9.17, 15) is 9.18 Å². The molecule has 0 aliphatic heterocycles. The van der Waals surface area contributed by atoms with E-state index in [-0.39, 0.29) is 11.7 Å². The average molecular weight is 457 g/mol. The van der Waals surface area contributed by atoms with Crippen molar-refractivity contribution in [1.29, 1.82) is 0 Å². The second kappa shape index (κ2) is 7.89. The van der Waals surface area contributed by atoms with E-state index in [0.717, 1.165) is 31.4 Å². The number of fused-ring (bicyclic) bond motifs is 1. The number of aromatic nitrogens is 1. The van der Waals surface area contributed by atoms with Crippen LogP contribution in [-0.2, 0) is 13.1 Å². The van der Waals surface area contributed by atoms with E-state index in [4.69, 9.17) is 0 Å². The molecule has 1 N–H and O–H groups in total. The summed E-state index contributed by atoms with van der Waals surface area (Å²) in [4.78, 5) is 12.9. The Morgan fingerprint density at radius 2 is 1.93 bits per heavy atom. The van der Waals surface area contributed by atoms with Gasteiger partial charge in [0.25, 0.3) is 5.91 Å². The Morgan fingerprint density at radius 1 is 1.14 bits per heavy atom. The zero-order valence-corrected chi connectivity index (χ0v) is 17.6. The zero-order chi connectivity index (χ0) is 19.7. The SMILES string of the molecule is Cc1cccc(CNC(=O)c2cc3scc(Br)c3n2Cc2cccc(F)c2)c1. The van der Waals surface area contributed by atoms with E-state index >= 15 is 0 Å². The summed E-state index contributed by atoms with van der Waals surface area (Å²) in [5.41, 5.74) is 4.54. The van der Waals surface area contributed by atoms with Crippen LogP contribution in [0.4, 0.5) is 4.39 Å². The van der Waals surface area contributed by atoms with Gasteiger partial charge >= 0.3 is 0 Å². The number of halogens is 2. The van der Waals surface area contributed by atoms with Crippen LogP contribution in [0.15, 0.2) is 64.5 Å². The molecule has 2 aromatic carbocycles. The minimum absolute atomic E-state index is 0.145. The van der Waals surface area contributed by atoms with Crippen LogP contribution >= 0.6 is 27.3 Å². The lowest BCUT2D eigenvalue weighted by Gasteiger charge is -2.12. The molecule has 0 spiro atoms. The minimum atomic E-state index is -0.282. The van der Waals surface area contributed by atoms with Crippen molar-refractivity contribution in [3.05, 3.63) is 92.7 Å². The zero-order valence-electron chi connectivity index (χ0n) is 15.2. The highest BCUT2D eigenvalue weighted by Gasteiger charge is 2.19. The number of amides is 1. The third kappa shape index (κ3) is 3.88. The van der Waals surface area contributed by atoms with Gasteiger partial charge in [-0.15, -0.1) is 11.3 Å². The smallest absolute Gasteiger partial charge is 0.268 e. The van der Waals surface area contributed by atoms with E-state index in [2.05, 4.69) is 27.3 Å². The first-order valence-electron chi connectivity index (χ1n) is 8.85. The second-order valence-electron chi connectivity index (χ2n) is 6.71. The molecule has 0 atom stereocenters. The average Bonchev–Trinajstić information content (AvgIpc) is 3.20. The summed E-state index contributed by atoms with van der Waals surface area (Å²) in [7, 11) is 0. The third-order valence-corrected chi connectivity index (χ3v) is 6.40. The van der Waals surface area contributed by atoms with Gasteiger partial charge in [-0.05, 0) is 52.2 Å². The molecule has 0 radical (unpaired) electrons. The molecular weight excluding hydrogens is 439 g/mol. The van der Waals surface area contributed by atoms with Gasteiger partial charge in [0.05, 0.1) is 14.7 Å². The van der Waals surface area contributed by atoms with Crippen LogP contribution in [0.1, 0.15) is 27.2 Å². The van der Waals surface area contributed by atoms with Crippen LogP contribution in [0.5, 0.6) is 0 Å². The number of carbonyl (C=O) groups is 1. The first kappa shape index (κ1) is 18.9. The Bertz CT molecular complexity index is 1160. The molecule has 3 nitrogen and oxygen atoms in total. The van der Waals surface area contributed by atoms with Gasteiger partial charge in [-0.1, -0.05) is 42.0 Å². The Labute approximate surface area is 174 Å². The molecule has 28 heavy (non-hydrogen) atoms. The summed E-state index contributed by atoms with van der Waals surface area (Å²) >= 11 is 5.15. The molecule has 0 aliphatic carbocycles. The van der Waals surface area contributed by atoms with Crippen LogP contribution in [0.3, 0.4) is 0 Å². The molecular formula is C22H18BrFN2OS.